The van der Waals surface area contributed by atoms with Gasteiger partial charge in [-0.3, -0.25) is 0 Å². The molecule has 3 N–H and O–H groups in total. The molecule has 0 saturated carbocycles. The number of nitrogens with zero attached hydrogens (tertiary/aromatic N) is 1. The van der Waals surface area contributed by atoms with E-state index in [2.05, 4.69) is 12.1 Å². The first-order chi connectivity index (χ1) is 8.93. The van der Waals surface area contributed by atoms with Crippen LogP contribution in [0, 0.1) is 0 Å². The average molecular weight is 266 g/mol. The molecule has 1 aromatic rings. The Balaban J connectivity index is 2.93. The third-order valence-electron chi connectivity index (χ3n) is 3.13. The Labute approximate surface area is 114 Å². The number of rotatable bonds is 6. The van der Waals surface area contributed by atoms with Crippen LogP contribution < -0.4 is 10.5 Å². The monoisotopic (exact) mass is 266 g/mol. The second-order valence-corrected chi connectivity index (χ2v) is 4.92. The highest BCUT2D eigenvalue weighted by Crippen LogP contribution is 2.22. The van der Waals surface area contributed by atoms with Gasteiger partial charge in [0.05, 0.1) is 24.9 Å². The van der Waals surface area contributed by atoms with Crippen molar-refractivity contribution in [1.82, 2.24) is 0 Å². The molecule has 0 heterocycles. The molecule has 0 aliphatic heterocycles. The minimum atomic E-state index is -0.170. The number of oxime groups is 1. The molecule has 106 valence electrons. The quantitative estimate of drug-likeness (QED) is 0.359. The Kier molecular flexibility index (Phi) is 5.18. The minimum Gasteiger partial charge on any atom is -0.496 e. The fraction of sp³-hybridized carbons (Fsp3) is 0.500. The summed E-state index contributed by atoms with van der Waals surface area (Å²) in [5.41, 5.74) is 6.96. The zero-order valence-corrected chi connectivity index (χ0v) is 11.9. The zero-order valence-electron chi connectivity index (χ0n) is 11.9. The molecule has 0 spiro atoms. The lowest BCUT2D eigenvalue weighted by molar-refractivity contribution is -0.0316. The molecule has 5 nitrogen and oxygen atoms in total. The van der Waals surface area contributed by atoms with Crippen molar-refractivity contribution < 1.29 is 14.7 Å². The first-order valence-electron chi connectivity index (χ1n) is 6.22. The molecule has 0 amide bonds. The fourth-order valence-electron chi connectivity index (χ4n) is 1.48. The van der Waals surface area contributed by atoms with Gasteiger partial charge in [-0.15, -0.1) is 0 Å². The van der Waals surface area contributed by atoms with Crippen molar-refractivity contribution in [3.63, 3.8) is 0 Å². The lowest BCUT2D eigenvalue weighted by Gasteiger charge is -2.23. The number of benzene rings is 1. The Hall–Kier alpha value is -1.75. The molecule has 0 atom stereocenters. The van der Waals surface area contributed by atoms with Crippen LogP contribution in [0.1, 0.15) is 38.3 Å². The summed E-state index contributed by atoms with van der Waals surface area (Å²) in [6.45, 7) is 6.63. The molecule has 0 fully saturated rings. The molecular formula is C14H22N2O3. The maximum atomic E-state index is 8.77. The van der Waals surface area contributed by atoms with E-state index in [-0.39, 0.29) is 11.4 Å². The molecule has 0 unspecified atom stereocenters. The average Bonchev–Trinajstić information content (AvgIpc) is 2.44. The van der Waals surface area contributed by atoms with E-state index in [4.69, 9.17) is 20.4 Å². The van der Waals surface area contributed by atoms with Crippen LogP contribution in [0.5, 0.6) is 5.75 Å². The second kappa shape index (κ2) is 6.43. The van der Waals surface area contributed by atoms with Crippen molar-refractivity contribution in [2.75, 3.05) is 7.11 Å². The minimum absolute atomic E-state index is 0.0217. The lowest BCUT2D eigenvalue weighted by atomic mass is 10.1. The van der Waals surface area contributed by atoms with Crippen LogP contribution in [0.3, 0.4) is 0 Å². The molecule has 0 radical (unpaired) electrons. The first kappa shape index (κ1) is 15.3. The van der Waals surface area contributed by atoms with Gasteiger partial charge in [0.25, 0.3) is 0 Å². The van der Waals surface area contributed by atoms with Crippen LogP contribution in [-0.4, -0.2) is 23.8 Å². The van der Waals surface area contributed by atoms with E-state index in [1.165, 1.54) is 0 Å². The molecule has 19 heavy (non-hydrogen) atoms. The Morgan fingerprint density at radius 1 is 1.42 bits per heavy atom. The molecule has 0 aliphatic rings. The molecule has 1 rings (SSSR count). The molecule has 0 saturated heterocycles. The first-order valence-corrected chi connectivity index (χ1v) is 6.22. The topological polar surface area (TPSA) is 77.1 Å². The van der Waals surface area contributed by atoms with Crippen LogP contribution in [0.2, 0.25) is 0 Å². The number of amidine groups is 1. The van der Waals surface area contributed by atoms with E-state index in [9.17, 15) is 0 Å². The summed E-state index contributed by atoms with van der Waals surface area (Å²) >= 11 is 0. The SMILES string of the molecule is CCC(C)(C)OCc1ccc(OC)c(C(N)=NO)c1. The maximum Gasteiger partial charge on any atom is 0.173 e. The summed E-state index contributed by atoms with van der Waals surface area (Å²) in [5, 5.41) is 11.8. The molecule has 0 bridgehead atoms. The van der Waals surface area contributed by atoms with Crippen molar-refractivity contribution >= 4 is 5.84 Å². The summed E-state index contributed by atoms with van der Waals surface area (Å²) in [6, 6.07) is 5.49. The highest BCUT2D eigenvalue weighted by atomic mass is 16.5. The summed E-state index contributed by atoms with van der Waals surface area (Å²) in [6.07, 6.45) is 0.927. The van der Waals surface area contributed by atoms with E-state index < -0.39 is 0 Å². The number of ether oxygens (including phenoxy) is 2. The van der Waals surface area contributed by atoms with Gasteiger partial charge in [-0.2, -0.15) is 0 Å². The molecule has 1 aromatic carbocycles. The van der Waals surface area contributed by atoms with Crippen LogP contribution in [0.15, 0.2) is 23.4 Å². The van der Waals surface area contributed by atoms with Crippen molar-refractivity contribution in [2.24, 2.45) is 10.9 Å². The zero-order chi connectivity index (χ0) is 14.5. The summed E-state index contributed by atoms with van der Waals surface area (Å²) < 4.78 is 11.0. The van der Waals surface area contributed by atoms with E-state index in [0.29, 0.717) is 17.9 Å². The van der Waals surface area contributed by atoms with Gasteiger partial charge in [-0.05, 0) is 38.0 Å². The second-order valence-electron chi connectivity index (χ2n) is 4.92. The number of hydrogen-bond acceptors (Lipinski definition) is 4. The molecular weight excluding hydrogens is 244 g/mol. The van der Waals surface area contributed by atoms with Crippen molar-refractivity contribution in [3.8, 4) is 5.75 Å². The van der Waals surface area contributed by atoms with Crippen molar-refractivity contribution in [3.05, 3.63) is 29.3 Å². The predicted molar refractivity (Wildman–Crippen MR) is 74.7 cm³/mol. The van der Waals surface area contributed by atoms with E-state index in [1.807, 2.05) is 19.9 Å². The van der Waals surface area contributed by atoms with Crippen LogP contribution in [0.25, 0.3) is 0 Å². The summed E-state index contributed by atoms with van der Waals surface area (Å²) in [7, 11) is 1.54. The molecule has 5 heteroatoms. The van der Waals surface area contributed by atoms with E-state index >= 15 is 0 Å². The van der Waals surface area contributed by atoms with Gasteiger partial charge in [0.2, 0.25) is 0 Å². The van der Waals surface area contributed by atoms with Gasteiger partial charge in [0.1, 0.15) is 5.75 Å². The van der Waals surface area contributed by atoms with E-state index in [0.717, 1.165) is 12.0 Å². The van der Waals surface area contributed by atoms with Gasteiger partial charge < -0.3 is 20.4 Å². The van der Waals surface area contributed by atoms with Gasteiger partial charge in [-0.1, -0.05) is 18.1 Å². The number of methoxy groups -OCH3 is 1. The summed E-state index contributed by atoms with van der Waals surface area (Å²) in [5.74, 6) is 0.585. The van der Waals surface area contributed by atoms with Crippen LogP contribution in [0.4, 0.5) is 0 Å². The third kappa shape index (κ3) is 4.13. The highest BCUT2D eigenvalue weighted by molar-refractivity contribution is 5.99. The van der Waals surface area contributed by atoms with Crippen molar-refractivity contribution in [1.29, 1.82) is 0 Å². The van der Waals surface area contributed by atoms with Gasteiger partial charge in [-0.25, -0.2) is 0 Å². The van der Waals surface area contributed by atoms with Crippen molar-refractivity contribution in [2.45, 2.75) is 39.4 Å². The van der Waals surface area contributed by atoms with Crippen LogP contribution in [-0.2, 0) is 11.3 Å². The number of nitrogens with two attached hydrogens (primary N) is 1. The number of hydrogen-bond donors (Lipinski definition) is 2. The van der Waals surface area contributed by atoms with Gasteiger partial charge in [0, 0.05) is 0 Å². The molecule has 0 aliphatic carbocycles. The van der Waals surface area contributed by atoms with E-state index in [1.54, 1.807) is 19.2 Å². The Morgan fingerprint density at radius 2 is 2.11 bits per heavy atom. The largest absolute Gasteiger partial charge is 0.496 e. The fourth-order valence-corrected chi connectivity index (χ4v) is 1.48. The standard InChI is InChI=1S/C14H22N2O3/c1-5-14(2,3)19-9-10-6-7-12(18-4)11(8-10)13(15)16-17/h6-8,17H,5,9H2,1-4H3,(H2,15,16). The van der Waals surface area contributed by atoms with Gasteiger partial charge in [0.15, 0.2) is 5.84 Å². The predicted octanol–water partition coefficient (Wildman–Crippen LogP) is 2.49. The Morgan fingerprint density at radius 3 is 2.63 bits per heavy atom. The molecule has 0 aromatic heterocycles. The smallest absolute Gasteiger partial charge is 0.173 e. The normalized spacial score (nSPS) is 12.5. The van der Waals surface area contributed by atoms with Crippen LogP contribution >= 0.6 is 0 Å². The third-order valence-corrected chi connectivity index (χ3v) is 3.13. The Bertz CT molecular complexity index is 456. The van der Waals surface area contributed by atoms with Gasteiger partial charge >= 0.3 is 0 Å². The lowest BCUT2D eigenvalue weighted by Crippen LogP contribution is -2.23. The highest BCUT2D eigenvalue weighted by Gasteiger charge is 2.16. The maximum absolute atomic E-state index is 8.77. The summed E-state index contributed by atoms with van der Waals surface area (Å²) in [4.78, 5) is 0.